The minimum absolute atomic E-state index is 0.686. The second-order valence-corrected chi connectivity index (χ2v) is 14.2. The lowest BCUT2D eigenvalue weighted by Gasteiger charge is -2.28. The second kappa shape index (κ2) is 12.8. The van der Waals surface area contributed by atoms with Gasteiger partial charge in [-0.1, -0.05) is 127 Å². The number of carbonyl (C=O) groups excluding carboxylic acids is 1. The highest BCUT2D eigenvalue weighted by molar-refractivity contribution is 6.15. The van der Waals surface area contributed by atoms with Crippen molar-refractivity contribution < 1.29 is 4.79 Å². The number of aldehydes is 1. The van der Waals surface area contributed by atoms with E-state index < -0.39 is 0 Å². The summed E-state index contributed by atoms with van der Waals surface area (Å²) in [5, 5.41) is 0. The van der Waals surface area contributed by atoms with Gasteiger partial charge in [0, 0.05) is 55.4 Å². The molecule has 0 fully saturated rings. The fourth-order valence-electron chi connectivity index (χ4n) is 8.58. The van der Waals surface area contributed by atoms with Crippen LogP contribution in [0.2, 0.25) is 0 Å². The van der Waals surface area contributed by atoms with Crippen molar-refractivity contribution in [3.05, 3.63) is 180 Å². The van der Waals surface area contributed by atoms with Crippen LogP contribution in [0.15, 0.2) is 152 Å². The molecule has 0 amide bonds. The number of rotatable bonds is 5. The van der Waals surface area contributed by atoms with Crippen LogP contribution in [-0.2, 0) is 0 Å². The van der Waals surface area contributed by atoms with E-state index in [0.29, 0.717) is 5.56 Å². The predicted molar refractivity (Wildman–Crippen MR) is 230 cm³/mol. The highest BCUT2D eigenvalue weighted by Gasteiger charge is 2.30. The molecule has 11 rings (SSSR count). The van der Waals surface area contributed by atoms with Crippen molar-refractivity contribution in [2.75, 3.05) is 0 Å². The molecule has 0 unspecified atom stereocenters. The highest BCUT2D eigenvalue weighted by atomic mass is 16.1. The van der Waals surface area contributed by atoms with Crippen molar-refractivity contribution >= 4 is 52.7 Å². The molecule has 5 heterocycles. The van der Waals surface area contributed by atoms with Gasteiger partial charge in [0.2, 0.25) is 0 Å². The number of carbonyl (C=O) groups is 1. The Morgan fingerprint density at radius 2 is 0.714 bits per heavy atom. The standard InChI is InChI=1S/C51H32N4O/c56-30-34-18-10-19-35-36-20-11-21-37(50(36)46(34)35)51-44-28-26-42(54-44)48(32-14-6-2-7-15-32)40-24-22-38(52-40)47(31-12-4-1-5-13-31)39-23-25-41(53-39)49(33-16-8-3-9-17-33)43-27-29-45(51)55-43/h1-30,52,55H. The van der Waals surface area contributed by atoms with Crippen molar-refractivity contribution in [1.82, 2.24) is 19.9 Å². The van der Waals surface area contributed by atoms with Crippen molar-refractivity contribution in [3.8, 4) is 66.8 Å². The molecule has 0 saturated heterocycles. The van der Waals surface area contributed by atoms with E-state index in [4.69, 9.17) is 9.97 Å². The first kappa shape index (κ1) is 31.9. The molecular weight excluding hydrogens is 685 g/mol. The summed E-state index contributed by atoms with van der Waals surface area (Å²) in [5.74, 6) is 0. The molecule has 56 heavy (non-hydrogen) atoms. The topological polar surface area (TPSA) is 74.4 Å². The average molecular weight is 717 g/mol. The molecule has 3 aromatic heterocycles. The van der Waals surface area contributed by atoms with E-state index in [1.54, 1.807) is 0 Å². The third kappa shape index (κ3) is 4.99. The number of aromatic amines is 2. The first-order chi connectivity index (χ1) is 27.7. The molecule has 0 saturated carbocycles. The van der Waals surface area contributed by atoms with E-state index in [1.807, 2.05) is 30.3 Å². The van der Waals surface area contributed by atoms with Gasteiger partial charge in [0.15, 0.2) is 6.29 Å². The molecule has 1 aliphatic carbocycles. The zero-order valence-electron chi connectivity index (χ0n) is 30.1. The monoisotopic (exact) mass is 716 g/mol. The Labute approximate surface area is 323 Å². The zero-order valence-corrected chi connectivity index (χ0v) is 30.1. The molecule has 2 aliphatic heterocycles. The minimum atomic E-state index is 0.686. The maximum absolute atomic E-state index is 12.4. The lowest BCUT2D eigenvalue weighted by molar-refractivity contribution is 0.112. The van der Waals surface area contributed by atoms with Crippen LogP contribution in [0, 0.1) is 0 Å². The summed E-state index contributed by atoms with van der Waals surface area (Å²) in [4.78, 5) is 30.9. The van der Waals surface area contributed by atoms with Gasteiger partial charge < -0.3 is 9.97 Å². The van der Waals surface area contributed by atoms with E-state index in [0.717, 1.165) is 118 Å². The Kier molecular flexibility index (Phi) is 7.25. The quantitative estimate of drug-likeness (QED) is 0.174. The third-order valence-electron chi connectivity index (χ3n) is 11.0. The Morgan fingerprint density at radius 3 is 1.16 bits per heavy atom. The summed E-state index contributed by atoms with van der Waals surface area (Å²) in [5.41, 5.74) is 20.3. The Balaban J connectivity index is 1.31. The van der Waals surface area contributed by atoms with Gasteiger partial charge in [0.25, 0.3) is 0 Å². The highest BCUT2D eigenvalue weighted by Crippen LogP contribution is 2.54. The summed E-state index contributed by atoms with van der Waals surface area (Å²) >= 11 is 0. The largest absolute Gasteiger partial charge is 0.354 e. The molecule has 3 aliphatic rings. The van der Waals surface area contributed by atoms with E-state index in [9.17, 15) is 4.79 Å². The van der Waals surface area contributed by atoms with E-state index in [-0.39, 0.29) is 0 Å². The molecule has 8 aromatic rings. The molecule has 5 nitrogen and oxygen atoms in total. The number of nitrogens with zero attached hydrogens (tertiary/aromatic N) is 2. The van der Waals surface area contributed by atoms with Gasteiger partial charge in [-0.3, -0.25) is 4.79 Å². The van der Waals surface area contributed by atoms with E-state index in [2.05, 4.69) is 156 Å². The van der Waals surface area contributed by atoms with Crippen LogP contribution in [0.5, 0.6) is 0 Å². The molecule has 0 atom stereocenters. The normalized spacial score (nSPS) is 12.2. The van der Waals surface area contributed by atoms with Crippen molar-refractivity contribution in [2.24, 2.45) is 0 Å². The molecule has 0 radical (unpaired) electrons. The number of fused-ring (bicyclic) bond motifs is 12. The molecule has 5 heteroatoms. The van der Waals surface area contributed by atoms with Crippen LogP contribution in [0.4, 0.5) is 0 Å². The van der Waals surface area contributed by atoms with Crippen LogP contribution in [0.3, 0.4) is 0 Å². The fourth-order valence-corrected chi connectivity index (χ4v) is 8.58. The lowest BCUT2D eigenvalue weighted by Crippen LogP contribution is -2.05. The van der Waals surface area contributed by atoms with Crippen molar-refractivity contribution in [3.63, 3.8) is 0 Å². The summed E-state index contributed by atoms with van der Waals surface area (Å²) in [6, 6.07) is 52.3. The Bertz CT molecular complexity index is 3100. The molecular formula is C51H32N4O. The maximum Gasteiger partial charge on any atom is 0.150 e. The minimum Gasteiger partial charge on any atom is -0.354 e. The van der Waals surface area contributed by atoms with Crippen LogP contribution in [0.1, 0.15) is 33.1 Å². The smallest absolute Gasteiger partial charge is 0.150 e. The van der Waals surface area contributed by atoms with Crippen LogP contribution < -0.4 is 0 Å². The van der Waals surface area contributed by atoms with Gasteiger partial charge in [-0.15, -0.1) is 0 Å². The maximum atomic E-state index is 12.4. The summed E-state index contributed by atoms with van der Waals surface area (Å²) in [6.45, 7) is 0. The first-order valence-corrected chi connectivity index (χ1v) is 18.8. The third-order valence-corrected chi connectivity index (χ3v) is 11.0. The van der Waals surface area contributed by atoms with Crippen LogP contribution >= 0.6 is 0 Å². The number of aromatic nitrogens is 4. The summed E-state index contributed by atoms with van der Waals surface area (Å²) in [7, 11) is 0. The van der Waals surface area contributed by atoms with Crippen molar-refractivity contribution in [2.45, 2.75) is 0 Å². The van der Waals surface area contributed by atoms with Gasteiger partial charge >= 0.3 is 0 Å². The van der Waals surface area contributed by atoms with Gasteiger partial charge in [-0.05, 0) is 87.5 Å². The number of H-pyrrole nitrogens is 2. The number of nitrogens with one attached hydrogen (secondary N) is 2. The number of benzene rings is 5. The lowest BCUT2D eigenvalue weighted by atomic mass is 9.74. The fraction of sp³-hybridized carbons (Fsp3) is 0. The molecule has 8 bridgehead atoms. The van der Waals surface area contributed by atoms with Crippen LogP contribution in [0.25, 0.3) is 113 Å². The number of hydrogen-bond donors (Lipinski definition) is 2. The Hall–Kier alpha value is -7.63. The van der Waals surface area contributed by atoms with E-state index >= 15 is 0 Å². The summed E-state index contributed by atoms with van der Waals surface area (Å²) in [6.07, 6.45) is 9.45. The predicted octanol–water partition coefficient (Wildman–Crippen LogP) is 12.8. The molecule has 2 N–H and O–H groups in total. The Morgan fingerprint density at radius 1 is 0.339 bits per heavy atom. The van der Waals surface area contributed by atoms with Gasteiger partial charge in [0.1, 0.15) is 0 Å². The van der Waals surface area contributed by atoms with Gasteiger partial charge in [-0.2, -0.15) is 0 Å². The van der Waals surface area contributed by atoms with Crippen LogP contribution in [-0.4, -0.2) is 26.2 Å². The molecule has 5 aromatic carbocycles. The molecule has 262 valence electrons. The number of hydrogen-bond acceptors (Lipinski definition) is 3. The zero-order chi connectivity index (χ0) is 37.2. The average Bonchev–Trinajstić information content (AvgIpc) is 4.09. The first-order valence-electron chi connectivity index (χ1n) is 18.8. The molecule has 0 spiro atoms. The second-order valence-electron chi connectivity index (χ2n) is 14.2. The van der Waals surface area contributed by atoms with Crippen molar-refractivity contribution in [1.29, 1.82) is 0 Å². The SMILES string of the molecule is O=Cc1cccc2c1-c1c-2cccc1-c1c2nc(c(-c3ccccc3)c3ccc([nH]3)c(-c3ccccc3)c3nc(c(-c4ccccc4)c4ccc1[nH]4)C=C3)C=C2. The van der Waals surface area contributed by atoms with Gasteiger partial charge in [0.05, 0.1) is 22.8 Å². The van der Waals surface area contributed by atoms with E-state index in [1.165, 1.54) is 0 Å². The summed E-state index contributed by atoms with van der Waals surface area (Å²) < 4.78 is 0. The van der Waals surface area contributed by atoms with Gasteiger partial charge in [-0.25, -0.2) is 9.97 Å².